The minimum Gasteiger partial charge on any atom is -0.543 e. The third-order valence-electron chi connectivity index (χ3n) is 6.16. The number of esters is 1. The van der Waals surface area contributed by atoms with Crippen LogP contribution in [0, 0.1) is 6.92 Å². The van der Waals surface area contributed by atoms with E-state index in [1.165, 1.54) is 7.11 Å². The lowest BCUT2D eigenvalue weighted by molar-refractivity contribution is 0.0597. The molecule has 0 unspecified atom stereocenters. The first-order valence-electron chi connectivity index (χ1n) is 9.65. The highest BCUT2D eigenvalue weighted by Crippen LogP contribution is 2.45. The molecule has 0 atom stereocenters. The first-order chi connectivity index (χ1) is 12.4. The smallest absolute Gasteiger partial charge is 0.341 e. The topological polar surface area (TPSA) is 44.8 Å². The van der Waals surface area contributed by atoms with Gasteiger partial charge in [-0.05, 0) is 48.8 Å². The summed E-state index contributed by atoms with van der Waals surface area (Å²) in [7, 11) is -2.94. The number of methoxy groups -OCH3 is 1. The van der Waals surface area contributed by atoms with E-state index in [1.807, 2.05) is 6.92 Å². The molecule has 160 valence electrons. The molecule has 1 rings (SSSR count). The molecule has 0 spiro atoms. The first-order valence-corrected chi connectivity index (χ1v) is 15.8. The zero-order valence-electron chi connectivity index (χ0n) is 19.6. The maximum atomic E-state index is 12.5. The van der Waals surface area contributed by atoms with Gasteiger partial charge in [0.1, 0.15) is 17.1 Å². The van der Waals surface area contributed by atoms with Gasteiger partial charge in [-0.25, -0.2) is 4.79 Å². The SMILES string of the molecule is COC(=O)c1c(O[Si](C)(C)C(C)(C)C)cc(O[Si](C)(C)C(C)(C)C)c(Cl)c1C. The molecule has 7 heteroatoms. The standard InChI is InChI=1S/C21H37ClO4Si2/c1-14-17(19(23)24-8)15(25-27(9,10)20(2,3)4)13-16(18(14)22)26-28(11,12)21(5,6)7/h13H,1-12H3. The molecule has 0 bridgehead atoms. The Hall–Kier alpha value is -0.986. The van der Waals surface area contributed by atoms with Crippen LogP contribution in [0.2, 0.25) is 41.3 Å². The van der Waals surface area contributed by atoms with Gasteiger partial charge >= 0.3 is 5.97 Å². The molecule has 1 aromatic rings. The van der Waals surface area contributed by atoms with Crippen molar-refractivity contribution in [2.45, 2.75) is 84.7 Å². The fourth-order valence-corrected chi connectivity index (χ4v) is 4.39. The molecule has 0 aromatic heterocycles. The van der Waals surface area contributed by atoms with Gasteiger partial charge in [-0.2, -0.15) is 0 Å². The quantitative estimate of drug-likeness (QED) is 0.355. The van der Waals surface area contributed by atoms with Crippen molar-refractivity contribution in [3.05, 3.63) is 22.2 Å². The normalized spacial score (nSPS) is 13.3. The number of halogens is 1. The molecule has 0 aliphatic carbocycles. The highest BCUT2D eigenvalue weighted by molar-refractivity contribution is 6.75. The molecule has 4 nitrogen and oxygen atoms in total. The van der Waals surface area contributed by atoms with Crippen molar-refractivity contribution in [3.63, 3.8) is 0 Å². The number of benzene rings is 1. The summed E-state index contributed by atoms with van der Waals surface area (Å²) in [4.78, 5) is 12.5. The highest BCUT2D eigenvalue weighted by Gasteiger charge is 2.42. The van der Waals surface area contributed by atoms with Crippen molar-refractivity contribution in [1.29, 1.82) is 0 Å². The summed E-state index contributed by atoms with van der Waals surface area (Å²) in [6, 6.07) is 1.78. The fourth-order valence-electron chi connectivity index (χ4n) is 2.10. The fraction of sp³-hybridized carbons (Fsp3) is 0.667. The molecule has 0 fully saturated rings. The van der Waals surface area contributed by atoms with E-state index >= 15 is 0 Å². The van der Waals surface area contributed by atoms with Gasteiger partial charge in [-0.3, -0.25) is 0 Å². The number of ether oxygens (including phenoxy) is 1. The minimum absolute atomic E-state index is 0.0195. The zero-order chi connectivity index (χ0) is 22.3. The van der Waals surface area contributed by atoms with E-state index < -0.39 is 22.6 Å². The van der Waals surface area contributed by atoms with E-state index in [2.05, 4.69) is 67.7 Å². The minimum atomic E-state index is -2.19. The van der Waals surface area contributed by atoms with Gasteiger partial charge in [0, 0.05) is 6.07 Å². The van der Waals surface area contributed by atoms with Crippen LogP contribution >= 0.6 is 11.6 Å². The van der Waals surface area contributed by atoms with Crippen LogP contribution in [-0.2, 0) is 4.74 Å². The van der Waals surface area contributed by atoms with Crippen LogP contribution in [0.1, 0.15) is 57.5 Å². The molecule has 0 saturated carbocycles. The Morgan fingerprint density at radius 2 is 1.29 bits per heavy atom. The molecule has 0 radical (unpaired) electrons. The van der Waals surface area contributed by atoms with Crippen molar-refractivity contribution in [2.24, 2.45) is 0 Å². The Kier molecular flexibility index (Phi) is 7.19. The molecular weight excluding hydrogens is 408 g/mol. The van der Waals surface area contributed by atoms with Crippen LogP contribution in [-0.4, -0.2) is 29.7 Å². The van der Waals surface area contributed by atoms with E-state index in [0.29, 0.717) is 27.6 Å². The summed E-state index contributed by atoms with van der Waals surface area (Å²) in [5.41, 5.74) is 0.998. The Morgan fingerprint density at radius 3 is 1.64 bits per heavy atom. The largest absolute Gasteiger partial charge is 0.543 e. The number of hydrogen-bond donors (Lipinski definition) is 0. The summed E-state index contributed by atoms with van der Waals surface area (Å²) in [5, 5.41) is 0.438. The molecule has 28 heavy (non-hydrogen) atoms. The molecular formula is C21H37ClO4Si2. The Labute approximate surface area is 178 Å². The second kappa shape index (κ2) is 8.03. The average molecular weight is 445 g/mol. The average Bonchev–Trinajstić information content (AvgIpc) is 2.49. The van der Waals surface area contributed by atoms with Gasteiger partial charge in [0.15, 0.2) is 0 Å². The predicted octanol–water partition coefficient (Wildman–Crippen LogP) is 7.20. The predicted molar refractivity (Wildman–Crippen MR) is 123 cm³/mol. The summed E-state index contributed by atoms with van der Waals surface area (Å²) >= 11 is 6.63. The molecule has 0 aliphatic rings. The van der Waals surface area contributed by atoms with E-state index in [-0.39, 0.29) is 10.1 Å². The van der Waals surface area contributed by atoms with Gasteiger partial charge < -0.3 is 13.6 Å². The van der Waals surface area contributed by atoms with E-state index in [0.717, 1.165) is 0 Å². The first kappa shape index (κ1) is 25.1. The van der Waals surface area contributed by atoms with E-state index in [9.17, 15) is 4.79 Å². The third kappa shape index (κ3) is 5.13. The van der Waals surface area contributed by atoms with Gasteiger partial charge in [-0.1, -0.05) is 53.1 Å². The number of carbonyl (C=O) groups is 1. The maximum absolute atomic E-state index is 12.5. The highest BCUT2D eigenvalue weighted by atomic mass is 35.5. The maximum Gasteiger partial charge on any atom is 0.341 e. The lowest BCUT2D eigenvalue weighted by Gasteiger charge is -2.39. The molecule has 0 saturated heterocycles. The Balaban J connectivity index is 3.64. The van der Waals surface area contributed by atoms with Crippen LogP contribution < -0.4 is 8.85 Å². The zero-order valence-corrected chi connectivity index (χ0v) is 22.3. The summed E-state index contributed by atoms with van der Waals surface area (Å²) in [6.07, 6.45) is 0. The van der Waals surface area contributed by atoms with Crippen LogP contribution in [0.5, 0.6) is 11.5 Å². The van der Waals surface area contributed by atoms with Crippen molar-refractivity contribution in [3.8, 4) is 11.5 Å². The van der Waals surface area contributed by atoms with Crippen LogP contribution in [0.15, 0.2) is 6.07 Å². The Morgan fingerprint density at radius 1 is 0.893 bits per heavy atom. The lowest BCUT2D eigenvalue weighted by Crippen LogP contribution is -2.45. The van der Waals surface area contributed by atoms with E-state index in [4.69, 9.17) is 25.2 Å². The number of rotatable bonds is 5. The number of carbonyl (C=O) groups excluding carboxylic acids is 1. The van der Waals surface area contributed by atoms with Gasteiger partial charge in [0.2, 0.25) is 0 Å². The summed E-state index contributed by atoms with van der Waals surface area (Å²) in [5.74, 6) is 0.619. The summed E-state index contributed by atoms with van der Waals surface area (Å²) < 4.78 is 18.0. The monoisotopic (exact) mass is 444 g/mol. The van der Waals surface area contributed by atoms with Crippen LogP contribution in [0.4, 0.5) is 0 Å². The van der Waals surface area contributed by atoms with Crippen molar-refractivity contribution < 1.29 is 18.4 Å². The van der Waals surface area contributed by atoms with Gasteiger partial charge in [0.25, 0.3) is 16.6 Å². The molecule has 0 N–H and O–H groups in total. The second-order valence-electron chi connectivity index (χ2n) is 10.4. The molecule has 1 aromatic carbocycles. The summed E-state index contributed by atoms with van der Waals surface area (Å²) in [6.45, 7) is 23.4. The second-order valence-corrected chi connectivity index (χ2v) is 20.2. The Bertz CT molecular complexity index is 744. The van der Waals surface area contributed by atoms with Crippen LogP contribution in [0.25, 0.3) is 0 Å². The van der Waals surface area contributed by atoms with Crippen LogP contribution in [0.3, 0.4) is 0 Å². The van der Waals surface area contributed by atoms with Crippen molar-refractivity contribution in [2.75, 3.05) is 7.11 Å². The van der Waals surface area contributed by atoms with Crippen molar-refractivity contribution in [1.82, 2.24) is 0 Å². The molecule has 0 heterocycles. The van der Waals surface area contributed by atoms with Crippen molar-refractivity contribution >= 4 is 34.2 Å². The van der Waals surface area contributed by atoms with Gasteiger partial charge in [-0.15, -0.1) is 0 Å². The number of hydrogen-bond acceptors (Lipinski definition) is 4. The molecule has 0 amide bonds. The third-order valence-corrected chi connectivity index (χ3v) is 15.3. The van der Waals surface area contributed by atoms with Gasteiger partial charge in [0.05, 0.1) is 12.1 Å². The lowest BCUT2D eigenvalue weighted by atomic mass is 10.1. The van der Waals surface area contributed by atoms with E-state index in [1.54, 1.807) is 6.07 Å². The molecule has 0 aliphatic heterocycles.